The summed E-state index contributed by atoms with van der Waals surface area (Å²) in [7, 11) is 2.83. The van der Waals surface area contributed by atoms with Crippen LogP contribution in [0.4, 0.5) is 4.79 Å². The lowest BCUT2D eigenvalue weighted by Crippen LogP contribution is -2.07. The zero-order chi connectivity index (χ0) is 15.5. The Hall–Kier alpha value is -3.02. The van der Waals surface area contributed by atoms with Crippen LogP contribution in [0.2, 0.25) is 0 Å². The topological polar surface area (TPSA) is 73.4 Å². The van der Waals surface area contributed by atoms with Gasteiger partial charge in [-0.1, -0.05) is 12.1 Å². The molecular formula is C16H14N2O4. The van der Waals surface area contributed by atoms with Crippen molar-refractivity contribution in [3.05, 3.63) is 42.5 Å². The van der Waals surface area contributed by atoms with Crippen LogP contribution in [0.5, 0.6) is 11.5 Å². The Bertz CT molecular complexity index is 793. The molecule has 0 unspecified atom stereocenters. The molecule has 0 amide bonds. The van der Waals surface area contributed by atoms with E-state index in [0.717, 1.165) is 11.0 Å². The molecule has 2 aromatic carbocycles. The number of imidazole rings is 1. The first kappa shape index (κ1) is 13.9. The highest BCUT2D eigenvalue weighted by Crippen LogP contribution is 2.33. The number of fused-ring (bicyclic) bond motifs is 1. The standard InChI is InChI=1S/C16H14N2O4/c1-20-14-8-7-10(22-16(19)21-2)9-11(14)15-17-12-5-3-4-6-13(12)18-15/h3-9H,1-2H3,(H,17,18). The molecule has 0 aliphatic carbocycles. The molecule has 0 saturated carbocycles. The third kappa shape index (κ3) is 2.58. The van der Waals surface area contributed by atoms with Gasteiger partial charge in [0.15, 0.2) is 0 Å². The van der Waals surface area contributed by atoms with Crippen LogP contribution in [0.15, 0.2) is 42.5 Å². The molecule has 0 aliphatic rings. The first-order valence-corrected chi connectivity index (χ1v) is 6.60. The molecule has 0 atom stereocenters. The number of hydrogen-bond acceptors (Lipinski definition) is 5. The lowest BCUT2D eigenvalue weighted by Gasteiger charge is -2.08. The summed E-state index contributed by atoms with van der Waals surface area (Å²) in [4.78, 5) is 19.0. The quantitative estimate of drug-likeness (QED) is 0.592. The van der Waals surface area contributed by atoms with E-state index in [9.17, 15) is 4.79 Å². The van der Waals surface area contributed by atoms with Gasteiger partial charge in [0.25, 0.3) is 0 Å². The van der Waals surface area contributed by atoms with Gasteiger partial charge in [-0.05, 0) is 30.3 Å². The highest BCUT2D eigenvalue weighted by molar-refractivity contribution is 5.81. The highest BCUT2D eigenvalue weighted by atomic mass is 16.7. The van der Waals surface area contributed by atoms with Gasteiger partial charge in [0, 0.05) is 0 Å². The molecular weight excluding hydrogens is 284 g/mol. The van der Waals surface area contributed by atoms with Crippen LogP contribution in [-0.2, 0) is 4.74 Å². The van der Waals surface area contributed by atoms with E-state index in [1.807, 2.05) is 24.3 Å². The summed E-state index contributed by atoms with van der Waals surface area (Å²) in [5, 5.41) is 0. The molecule has 6 nitrogen and oxygen atoms in total. The minimum atomic E-state index is -0.777. The fraction of sp³-hybridized carbons (Fsp3) is 0.125. The lowest BCUT2D eigenvalue weighted by molar-refractivity contribution is 0.121. The van der Waals surface area contributed by atoms with Crippen LogP contribution >= 0.6 is 0 Å². The van der Waals surface area contributed by atoms with Crippen molar-refractivity contribution in [1.82, 2.24) is 9.97 Å². The number of benzene rings is 2. The summed E-state index contributed by atoms with van der Waals surface area (Å²) in [5.74, 6) is 1.60. The fourth-order valence-electron chi connectivity index (χ4n) is 2.15. The van der Waals surface area contributed by atoms with Crippen LogP contribution in [0.25, 0.3) is 22.4 Å². The Morgan fingerprint density at radius 3 is 2.68 bits per heavy atom. The number of aromatic amines is 1. The lowest BCUT2D eigenvalue weighted by atomic mass is 10.2. The van der Waals surface area contributed by atoms with Crippen molar-refractivity contribution in [3.63, 3.8) is 0 Å². The summed E-state index contributed by atoms with van der Waals surface area (Å²) in [6, 6.07) is 12.7. The average molecular weight is 298 g/mol. The number of nitrogens with one attached hydrogen (secondary N) is 1. The maximum Gasteiger partial charge on any atom is 0.513 e. The van der Waals surface area contributed by atoms with Gasteiger partial charge in [-0.15, -0.1) is 0 Å². The number of methoxy groups -OCH3 is 2. The second kappa shape index (κ2) is 5.77. The summed E-state index contributed by atoms with van der Waals surface area (Å²) in [5.41, 5.74) is 2.46. The number of carbonyl (C=O) groups excluding carboxylic acids is 1. The minimum Gasteiger partial charge on any atom is -0.496 e. The van der Waals surface area contributed by atoms with Crippen LogP contribution < -0.4 is 9.47 Å². The number of H-pyrrole nitrogens is 1. The maximum atomic E-state index is 11.2. The third-order valence-corrected chi connectivity index (χ3v) is 3.18. The molecule has 3 rings (SSSR count). The van der Waals surface area contributed by atoms with Gasteiger partial charge in [0.2, 0.25) is 0 Å². The van der Waals surface area contributed by atoms with E-state index < -0.39 is 6.16 Å². The zero-order valence-corrected chi connectivity index (χ0v) is 12.1. The van der Waals surface area contributed by atoms with Crippen LogP contribution in [0.1, 0.15) is 0 Å². The number of hydrogen-bond donors (Lipinski definition) is 1. The number of carbonyl (C=O) groups is 1. The van der Waals surface area contributed by atoms with Crippen molar-refractivity contribution in [3.8, 4) is 22.9 Å². The molecule has 0 aliphatic heterocycles. The molecule has 0 spiro atoms. The molecule has 3 aromatic rings. The minimum absolute atomic E-state index is 0.350. The van der Waals surface area contributed by atoms with Gasteiger partial charge < -0.3 is 19.2 Å². The molecule has 1 aromatic heterocycles. The normalized spacial score (nSPS) is 10.5. The zero-order valence-electron chi connectivity index (χ0n) is 12.1. The van der Waals surface area contributed by atoms with Gasteiger partial charge in [0.1, 0.15) is 17.3 Å². The summed E-state index contributed by atoms with van der Waals surface area (Å²) in [6.45, 7) is 0. The van der Waals surface area contributed by atoms with E-state index in [1.54, 1.807) is 25.3 Å². The third-order valence-electron chi connectivity index (χ3n) is 3.18. The smallest absolute Gasteiger partial charge is 0.496 e. The number of ether oxygens (including phenoxy) is 3. The number of rotatable bonds is 3. The highest BCUT2D eigenvalue weighted by Gasteiger charge is 2.13. The second-order valence-corrected chi connectivity index (χ2v) is 4.52. The van der Waals surface area contributed by atoms with E-state index in [-0.39, 0.29) is 0 Å². The predicted molar refractivity (Wildman–Crippen MR) is 81.1 cm³/mol. The largest absolute Gasteiger partial charge is 0.513 e. The van der Waals surface area contributed by atoms with Crippen molar-refractivity contribution in [2.45, 2.75) is 0 Å². The Morgan fingerprint density at radius 2 is 1.95 bits per heavy atom. The van der Waals surface area contributed by atoms with Crippen LogP contribution in [0, 0.1) is 0 Å². The molecule has 0 radical (unpaired) electrons. The van der Waals surface area contributed by atoms with E-state index in [1.165, 1.54) is 7.11 Å². The van der Waals surface area contributed by atoms with E-state index in [0.29, 0.717) is 22.9 Å². The maximum absolute atomic E-state index is 11.2. The summed E-state index contributed by atoms with van der Waals surface area (Å²) >= 11 is 0. The van der Waals surface area contributed by atoms with E-state index >= 15 is 0 Å². The van der Waals surface area contributed by atoms with Crippen LogP contribution in [-0.4, -0.2) is 30.3 Å². The molecule has 112 valence electrons. The van der Waals surface area contributed by atoms with Crippen molar-refractivity contribution in [2.24, 2.45) is 0 Å². The number of para-hydroxylation sites is 2. The van der Waals surface area contributed by atoms with Gasteiger partial charge in [-0.2, -0.15) is 0 Å². The molecule has 0 saturated heterocycles. The second-order valence-electron chi connectivity index (χ2n) is 4.52. The Balaban J connectivity index is 2.06. The average Bonchev–Trinajstić information content (AvgIpc) is 2.98. The van der Waals surface area contributed by atoms with E-state index in [4.69, 9.17) is 9.47 Å². The monoisotopic (exact) mass is 298 g/mol. The molecule has 1 N–H and O–H groups in total. The van der Waals surface area contributed by atoms with E-state index in [2.05, 4.69) is 14.7 Å². The first-order valence-electron chi connectivity index (χ1n) is 6.60. The van der Waals surface area contributed by atoms with Crippen LogP contribution in [0.3, 0.4) is 0 Å². The first-order chi connectivity index (χ1) is 10.7. The molecule has 6 heteroatoms. The van der Waals surface area contributed by atoms with Gasteiger partial charge in [-0.25, -0.2) is 9.78 Å². The summed E-state index contributed by atoms with van der Waals surface area (Å²) in [6.07, 6.45) is -0.777. The molecule has 22 heavy (non-hydrogen) atoms. The van der Waals surface area contributed by atoms with Crippen molar-refractivity contribution >= 4 is 17.2 Å². The van der Waals surface area contributed by atoms with Gasteiger partial charge >= 0.3 is 6.16 Å². The molecule has 0 fully saturated rings. The SMILES string of the molecule is COC(=O)Oc1ccc(OC)c(-c2nc3ccccc3[nH]2)c1. The summed E-state index contributed by atoms with van der Waals surface area (Å²) < 4.78 is 14.9. The van der Waals surface area contributed by atoms with Crippen molar-refractivity contribution < 1.29 is 19.0 Å². The predicted octanol–water partition coefficient (Wildman–Crippen LogP) is 3.38. The Morgan fingerprint density at radius 1 is 1.14 bits per heavy atom. The molecule has 1 heterocycles. The van der Waals surface area contributed by atoms with Crippen molar-refractivity contribution in [2.75, 3.05) is 14.2 Å². The van der Waals surface area contributed by atoms with Gasteiger partial charge in [-0.3, -0.25) is 0 Å². The number of nitrogens with zero attached hydrogens (tertiary/aromatic N) is 1. The molecule has 0 bridgehead atoms. The van der Waals surface area contributed by atoms with Crippen molar-refractivity contribution in [1.29, 1.82) is 0 Å². The Kier molecular flexibility index (Phi) is 3.65. The van der Waals surface area contributed by atoms with Gasteiger partial charge in [0.05, 0.1) is 30.8 Å². The fourth-order valence-corrected chi connectivity index (χ4v) is 2.15. The Labute approximate surface area is 126 Å². The number of aromatic nitrogens is 2.